The van der Waals surface area contributed by atoms with E-state index in [-0.39, 0.29) is 0 Å². The van der Waals surface area contributed by atoms with Crippen LogP contribution in [0.5, 0.6) is 11.6 Å². The Kier molecular flexibility index (Phi) is 3.33. The highest BCUT2D eigenvalue weighted by atomic mass is 16.5. The Morgan fingerprint density at radius 1 is 1.07 bits per heavy atom. The number of anilines is 1. The van der Waals surface area contributed by atoms with Crippen LogP contribution in [0.3, 0.4) is 0 Å². The number of rotatable bonds is 3. The van der Waals surface area contributed by atoms with Gasteiger partial charge in [0.25, 0.3) is 0 Å². The van der Waals surface area contributed by atoms with Gasteiger partial charge in [0.2, 0.25) is 5.88 Å². The summed E-state index contributed by atoms with van der Waals surface area (Å²) in [5, 5.41) is 0.809. The van der Waals surface area contributed by atoms with Gasteiger partial charge in [0.1, 0.15) is 11.3 Å². The molecule has 0 amide bonds. The van der Waals surface area contributed by atoms with Crippen molar-refractivity contribution in [3.63, 3.8) is 0 Å². The number of aryl methyl sites for hydroxylation is 1. The molecule has 0 aliphatic heterocycles. The summed E-state index contributed by atoms with van der Waals surface area (Å²) in [6.07, 6.45) is 8.63. The maximum Gasteiger partial charge on any atom is 0.230 e. The maximum atomic E-state index is 6.35. The zero-order chi connectivity index (χ0) is 18.4. The highest BCUT2D eigenvalue weighted by molar-refractivity contribution is 5.82. The van der Waals surface area contributed by atoms with E-state index in [1.807, 2.05) is 35.7 Å². The van der Waals surface area contributed by atoms with Crippen LogP contribution in [0, 0.1) is 6.92 Å². The first kappa shape index (κ1) is 15.4. The average Bonchev–Trinajstić information content (AvgIpc) is 3.32. The number of hydrogen-bond acceptors (Lipinski definition) is 6. The van der Waals surface area contributed by atoms with Gasteiger partial charge in [-0.15, -0.1) is 0 Å². The number of furan rings is 1. The standard InChI is InChI=1S/C20H15N5O2/c1-12-19(25-8-7-22-18(25)11-24-12)14-3-2-13(10-16(14)21)27-20-15-5-9-26-17(15)4-6-23-20/h2-11H,21H2,1H3. The summed E-state index contributed by atoms with van der Waals surface area (Å²) in [4.78, 5) is 13.0. The summed E-state index contributed by atoms with van der Waals surface area (Å²) in [6.45, 7) is 1.95. The van der Waals surface area contributed by atoms with Crippen LogP contribution in [0.2, 0.25) is 0 Å². The molecule has 0 bridgehead atoms. The highest BCUT2D eigenvalue weighted by Crippen LogP contribution is 2.34. The topological polar surface area (TPSA) is 91.5 Å². The molecule has 0 spiro atoms. The summed E-state index contributed by atoms with van der Waals surface area (Å²) in [7, 11) is 0. The molecule has 4 heterocycles. The normalized spacial score (nSPS) is 11.3. The molecule has 0 saturated heterocycles. The number of nitrogens with two attached hydrogens (primary N) is 1. The first-order chi connectivity index (χ1) is 13.2. The first-order valence-corrected chi connectivity index (χ1v) is 8.39. The number of aromatic nitrogens is 4. The van der Waals surface area contributed by atoms with Crippen LogP contribution in [-0.4, -0.2) is 19.4 Å². The van der Waals surface area contributed by atoms with E-state index in [0.717, 1.165) is 33.6 Å². The summed E-state index contributed by atoms with van der Waals surface area (Å²) in [5.41, 5.74) is 11.1. The van der Waals surface area contributed by atoms with Crippen LogP contribution in [-0.2, 0) is 0 Å². The third-order valence-corrected chi connectivity index (χ3v) is 4.46. The van der Waals surface area contributed by atoms with Gasteiger partial charge in [-0.1, -0.05) is 0 Å². The third-order valence-electron chi connectivity index (χ3n) is 4.46. The molecular weight excluding hydrogens is 342 g/mol. The summed E-state index contributed by atoms with van der Waals surface area (Å²) in [6, 6.07) is 9.18. The van der Waals surface area contributed by atoms with E-state index in [9.17, 15) is 0 Å². The fourth-order valence-electron chi connectivity index (χ4n) is 3.20. The van der Waals surface area contributed by atoms with Gasteiger partial charge in [-0.2, -0.15) is 0 Å². The molecule has 2 N–H and O–H groups in total. The second kappa shape index (κ2) is 5.84. The lowest BCUT2D eigenvalue weighted by molar-refractivity contribution is 0.469. The highest BCUT2D eigenvalue weighted by Gasteiger charge is 2.14. The molecule has 5 rings (SSSR count). The van der Waals surface area contributed by atoms with Crippen molar-refractivity contribution < 1.29 is 9.15 Å². The fourth-order valence-corrected chi connectivity index (χ4v) is 3.20. The molecule has 0 aliphatic carbocycles. The van der Waals surface area contributed by atoms with Gasteiger partial charge in [0, 0.05) is 35.9 Å². The van der Waals surface area contributed by atoms with Crippen LogP contribution in [0.25, 0.3) is 27.9 Å². The molecule has 1 aromatic carbocycles. The molecule has 27 heavy (non-hydrogen) atoms. The monoisotopic (exact) mass is 357 g/mol. The molecule has 0 aliphatic rings. The summed E-state index contributed by atoms with van der Waals surface area (Å²) < 4.78 is 13.3. The number of nitrogens with zero attached hydrogens (tertiary/aromatic N) is 4. The van der Waals surface area contributed by atoms with Gasteiger partial charge >= 0.3 is 0 Å². The van der Waals surface area contributed by atoms with Crippen LogP contribution in [0.1, 0.15) is 5.69 Å². The number of fused-ring (bicyclic) bond motifs is 2. The van der Waals surface area contributed by atoms with Crippen LogP contribution in [0.4, 0.5) is 5.69 Å². The first-order valence-electron chi connectivity index (χ1n) is 8.39. The van der Waals surface area contributed by atoms with E-state index in [4.69, 9.17) is 14.9 Å². The van der Waals surface area contributed by atoms with E-state index in [2.05, 4.69) is 15.0 Å². The second-order valence-corrected chi connectivity index (χ2v) is 6.15. The minimum Gasteiger partial charge on any atom is -0.464 e. The van der Waals surface area contributed by atoms with Gasteiger partial charge < -0.3 is 14.9 Å². The molecule has 5 aromatic rings. The molecule has 0 radical (unpaired) electrons. The van der Waals surface area contributed by atoms with Gasteiger partial charge in [0.15, 0.2) is 5.65 Å². The largest absolute Gasteiger partial charge is 0.464 e. The van der Waals surface area contributed by atoms with Crippen LogP contribution >= 0.6 is 0 Å². The van der Waals surface area contributed by atoms with Crippen molar-refractivity contribution in [2.24, 2.45) is 0 Å². The Morgan fingerprint density at radius 3 is 2.89 bits per heavy atom. The van der Waals surface area contributed by atoms with Gasteiger partial charge in [0.05, 0.1) is 29.2 Å². The molecule has 4 aromatic heterocycles. The molecule has 132 valence electrons. The third kappa shape index (κ3) is 2.48. The Balaban J connectivity index is 1.57. The van der Waals surface area contributed by atoms with Crippen molar-refractivity contribution in [2.75, 3.05) is 5.73 Å². The quantitative estimate of drug-likeness (QED) is 0.486. The molecule has 7 heteroatoms. The molecule has 0 atom stereocenters. The number of pyridine rings is 1. The second-order valence-electron chi connectivity index (χ2n) is 6.15. The van der Waals surface area contributed by atoms with Gasteiger partial charge in [-0.25, -0.2) is 9.97 Å². The van der Waals surface area contributed by atoms with Crippen molar-refractivity contribution in [1.29, 1.82) is 0 Å². The van der Waals surface area contributed by atoms with Crippen molar-refractivity contribution >= 4 is 22.3 Å². The Morgan fingerprint density at radius 2 is 2.00 bits per heavy atom. The van der Waals surface area contributed by atoms with Crippen LogP contribution in [0.15, 0.2) is 65.8 Å². The number of ether oxygens (including phenoxy) is 1. The molecule has 0 saturated carbocycles. The lowest BCUT2D eigenvalue weighted by atomic mass is 10.1. The number of hydrogen-bond donors (Lipinski definition) is 1. The lowest BCUT2D eigenvalue weighted by Gasteiger charge is -2.13. The molecule has 7 nitrogen and oxygen atoms in total. The minimum atomic E-state index is 0.475. The number of nitrogen functional groups attached to an aromatic ring is 1. The van der Waals surface area contributed by atoms with E-state index in [0.29, 0.717) is 17.3 Å². The number of benzene rings is 1. The summed E-state index contributed by atoms with van der Waals surface area (Å²) >= 11 is 0. The maximum absolute atomic E-state index is 6.35. The van der Waals surface area contributed by atoms with Crippen molar-refractivity contribution in [3.05, 3.63) is 67.1 Å². The van der Waals surface area contributed by atoms with Crippen molar-refractivity contribution in [3.8, 4) is 22.9 Å². The Hall–Kier alpha value is -3.87. The lowest BCUT2D eigenvalue weighted by Crippen LogP contribution is -2.01. The predicted octanol–water partition coefficient (Wildman–Crippen LogP) is 4.22. The Labute approximate surface area is 154 Å². The van der Waals surface area contributed by atoms with Crippen molar-refractivity contribution in [1.82, 2.24) is 19.4 Å². The zero-order valence-corrected chi connectivity index (χ0v) is 14.5. The molecule has 0 unspecified atom stereocenters. The van der Waals surface area contributed by atoms with E-state index in [1.54, 1.807) is 37.0 Å². The Bertz CT molecular complexity index is 1290. The van der Waals surface area contributed by atoms with Gasteiger partial charge in [-0.05, 0) is 31.2 Å². The van der Waals surface area contributed by atoms with E-state index in [1.165, 1.54) is 0 Å². The smallest absolute Gasteiger partial charge is 0.230 e. The zero-order valence-electron chi connectivity index (χ0n) is 14.5. The minimum absolute atomic E-state index is 0.475. The van der Waals surface area contributed by atoms with E-state index >= 15 is 0 Å². The SMILES string of the molecule is Cc1ncc2nccn2c1-c1ccc(Oc2nccc3occc23)cc1N. The van der Waals surface area contributed by atoms with E-state index < -0.39 is 0 Å². The average molecular weight is 357 g/mol. The number of imidazole rings is 1. The molecule has 0 fully saturated rings. The van der Waals surface area contributed by atoms with Gasteiger partial charge in [-0.3, -0.25) is 9.38 Å². The molecular formula is C20H15N5O2. The van der Waals surface area contributed by atoms with Crippen LogP contribution < -0.4 is 10.5 Å². The predicted molar refractivity (Wildman–Crippen MR) is 102 cm³/mol. The van der Waals surface area contributed by atoms with Crippen molar-refractivity contribution in [2.45, 2.75) is 6.92 Å². The summed E-state index contributed by atoms with van der Waals surface area (Å²) in [5.74, 6) is 1.07. The fraction of sp³-hybridized carbons (Fsp3) is 0.0500.